The monoisotopic (exact) mass is 164 g/mol. The van der Waals surface area contributed by atoms with Gasteiger partial charge in [0.25, 0.3) is 0 Å². The van der Waals surface area contributed by atoms with Crippen LogP contribution in [0.1, 0.15) is 45.4 Å². The highest BCUT2D eigenvalue weighted by atomic mass is 14.1. The molecule has 1 aliphatic rings. The highest BCUT2D eigenvalue weighted by Crippen LogP contribution is 2.17. The predicted octanol–water partition coefficient (Wildman–Crippen LogP) is 4.09. The summed E-state index contributed by atoms with van der Waals surface area (Å²) in [5.74, 6) is 0.821. The Balaban J connectivity index is 2.29. The second-order valence-electron chi connectivity index (χ2n) is 3.61. The SMILES string of the molecule is CCCCC1C=CCCC=CC1. The van der Waals surface area contributed by atoms with Gasteiger partial charge in [-0.3, -0.25) is 0 Å². The third kappa shape index (κ3) is 3.75. The fourth-order valence-electron chi connectivity index (χ4n) is 1.63. The van der Waals surface area contributed by atoms with Crippen molar-refractivity contribution in [2.24, 2.45) is 5.92 Å². The maximum Gasteiger partial charge on any atom is -0.0199 e. The maximum atomic E-state index is 2.42. The van der Waals surface area contributed by atoms with Gasteiger partial charge in [0.1, 0.15) is 0 Å². The van der Waals surface area contributed by atoms with Gasteiger partial charge in [0.15, 0.2) is 0 Å². The van der Waals surface area contributed by atoms with Gasteiger partial charge < -0.3 is 0 Å². The van der Waals surface area contributed by atoms with Gasteiger partial charge in [-0.25, -0.2) is 0 Å². The molecule has 0 amide bonds. The first kappa shape index (κ1) is 9.57. The van der Waals surface area contributed by atoms with Crippen molar-refractivity contribution in [1.82, 2.24) is 0 Å². The first-order valence-corrected chi connectivity index (χ1v) is 5.25. The molecule has 0 nitrogen and oxygen atoms in total. The van der Waals surface area contributed by atoms with Gasteiger partial charge in [-0.05, 0) is 31.6 Å². The van der Waals surface area contributed by atoms with E-state index >= 15 is 0 Å². The van der Waals surface area contributed by atoms with Crippen LogP contribution in [0.15, 0.2) is 24.3 Å². The summed E-state index contributed by atoms with van der Waals surface area (Å²) in [6, 6.07) is 0. The Bertz CT molecular complexity index is 153. The van der Waals surface area contributed by atoms with Gasteiger partial charge in [0, 0.05) is 0 Å². The van der Waals surface area contributed by atoms with Crippen LogP contribution in [-0.4, -0.2) is 0 Å². The van der Waals surface area contributed by atoms with Crippen LogP contribution in [0.4, 0.5) is 0 Å². The van der Waals surface area contributed by atoms with Crippen molar-refractivity contribution >= 4 is 0 Å². The van der Waals surface area contributed by atoms with Crippen molar-refractivity contribution in [3.8, 4) is 0 Å². The summed E-state index contributed by atoms with van der Waals surface area (Å²) in [5.41, 5.74) is 0. The van der Waals surface area contributed by atoms with E-state index in [4.69, 9.17) is 0 Å². The smallest absolute Gasteiger partial charge is 0.0199 e. The van der Waals surface area contributed by atoms with Crippen molar-refractivity contribution < 1.29 is 0 Å². The van der Waals surface area contributed by atoms with E-state index in [-0.39, 0.29) is 0 Å². The molecule has 12 heavy (non-hydrogen) atoms. The fourth-order valence-corrected chi connectivity index (χ4v) is 1.63. The average molecular weight is 164 g/mol. The molecule has 0 aromatic rings. The number of hydrogen-bond donors (Lipinski definition) is 0. The summed E-state index contributed by atoms with van der Waals surface area (Å²) in [6.07, 6.45) is 17.2. The number of hydrogen-bond acceptors (Lipinski definition) is 0. The molecule has 1 rings (SSSR count). The highest BCUT2D eigenvalue weighted by Gasteiger charge is 2.02. The van der Waals surface area contributed by atoms with Gasteiger partial charge in [0.2, 0.25) is 0 Å². The first-order chi connectivity index (χ1) is 5.93. The van der Waals surface area contributed by atoms with Crippen molar-refractivity contribution in [1.29, 1.82) is 0 Å². The van der Waals surface area contributed by atoms with E-state index in [2.05, 4.69) is 31.2 Å². The van der Waals surface area contributed by atoms with E-state index < -0.39 is 0 Å². The first-order valence-electron chi connectivity index (χ1n) is 5.25. The van der Waals surface area contributed by atoms with Gasteiger partial charge in [-0.15, -0.1) is 0 Å². The topological polar surface area (TPSA) is 0 Å². The third-order valence-electron chi connectivity index (χ3n) is 2.44. The van der Waals surface area contributed by atoms with Gasteiger partial charge >= 0.3 is 0 Å². The summed E-state index contributed by atoms with van der Waals surface area (Å²) in [5, 5.41) is 0. The maximum absolute atomic E-state index is 2.42. The molecule has 0 radical (unpaired) electrons. The Morgan fingerprint density at radius 3 is 2.83 bits per heavy atom. The zero-order valence-electron chi connectivity index (χ0n) is 8.13. The van der Waals surface area contributed by atoms with Crippen LogP contribution in [0.5, 0.6) is 0 Å². The molecule has 0 heterocycles. The van der Waals surface area contributed by atoms with Crippen LogP contribution >= 0.6 is 0 Å². The number of unbranched alkanes of at least 4 members (excludes halogenated alkanes) is 1. The minimum atomic E-state index is 0.821. The molecule has 0 heteroatoms. The molecule has 1 aliphatic carbocycles. The molecule has 0 N–H and O–H groups in total. The molecule has 0 aromatic carbocycles. The van der Waals surface area contributed by atoms with Gasteiger partial charge in [-0.1, -0.05) is 44.1 Å². The molecular formula is C12H20. The summed E-state index contributed by atoms with van der Waals surface area (Å²) in [4.78, 5) is 0. The molecular weight excluding hydrogens is 144 g/mol. The molecule has 0 spiro atoms. The van der Waals surface area contributed by atoms with Crippen LogP contribution < -0.4 is 0 Å². The lowest BCUT2D eigenvalue weighted by molar-refractivity contribution is 0.557. The lowest BCUT2D eigenvalue weighted by Crippen LogP contribution is -1.95. The Kier molecular flexibility index (Phi) is 4.82. The quantitative estimate of drug-likeness (QED) is 0.551. The second kappa shape index (κ2) is 6.05. The minimum Gasteiger partial charge on any atom is -0.0882 e. The van der Waals surface area contributed by atoms with Crippen LogP contribution in [0.2, 0.25) is 0 Å². The Morgan fingerprint density at radius 1 is 1.17 bits per heavy atom. The molecule has 0 saturated carbocycles. The van der Waals surface area contributed by atoms with E-state index in [0.29, 0.717) is 0 Å². The molecule has 0 bridgehead atoms. The van der Waals surface area contributed by atoms with E-state index in [9.17, 15) is 0 Å². The summed E-state index contributed by atoms with van der Waals surface area (Å²) in [7, 11) is 0. The normalized spacial score (nSPS) is 23.6. The van der Waals surface area contributed by atoms with E-state index in [1.54, 1.807) is 0 Å². The van der Waals surface area contributed by atoms with Crippen molar-refractivity contribution in [3.63, 3.8) is 0 Å². The van der Waals surface area contributed by atoms with E-state index in [1.807, 2.05) is 0 Å². The van der Waals surface area contributed by atoms with Crippen LogP contribution in [-0.2, 0) is 0 Å². The lowest BCUT2D eigenvalue weighted by Gasteiger charge is -2.10. The van der Waals surface area contributed by atoms with Crippen LogP contribution in [0, 0.1) is 5.92 Å². The molecule has 1 unspecified atom stereocenters. The third-order valence-corrected chi connectivity index (χ3v) is 2.44. The standard InChI is InChI=1S/C12H20/c1-2-3-9-12-10-7-5-4-6-8-11-12/h5,7-8,11-12H,2-4,6,9-10H2,1H3. The van der Waals surface area contributed by atoms with Crippen molar-refractivity contribution in [2.75, 3.05) is 0 Å². The summed E-state index contributed by atoms with van der Waals surface area (Å²) < 4.78 is 0. The second-order valence-corrected chi connectivity index (χ2v) is 3.61. The zero-order valence-corrected chi connectivity index (χ0v) is 8.13. The number of allylic oxidation sites excluding steroid dienone is 4. The fraction of sp³-hybridized carbons (Fsp3) is 0.667. The zero-order chi connectivity index (χ0) is 8.65. The largest absolute Gasteiger partial charge is 0.0882 e. The predicted molar refractivity (Wildman–Crippen MR) is 55.1 cm³/mol. The highest BCUT2D eigenvalue weighted by molar-refractivity contribution is 4.98. The molecule has 68 valence electrons. The number of rotatable bonds is 3. The molecule has 0 saturated heterocycles. The lowest BCUT2D eigenvalue weighted by atomic mass is 9.96. The molecule has 1 atom stereocenters. The van der Waals surface area contributed by atoms with Gasteiger partial charge in [-0.2, -0.15) is 0 Å². The molecule has 0 aliphatic heterocycles. The van der Waals surface area contributed by atoms with Crippen molar-refractivity contribution in [2.45, 2.75) is 45.4 Å². The van der Waals surface area contributed by atoms with E-state index in [1.165, 1.54) is 38.5 Å². The van der Waals surface area contributed by atoms with Crippen LogP contribution in [0.3, 0.4) is 0 Å². The van der Waals surface area contributed by atoms with Crippen molar-refractivity contribution in [3.05, 3.63) is 24.3 Å². The van der Waals surface area contributed by atoms with Crippen LogP contribution in [0.25, 0.3) is 0 Å². The van der Waals surface area contributed by atoms with E-state index in [0.717, 1.165) is 5.92 Å². The molecule has 0 fully saturated rings. The van der Waals surface area contributed by atoms with Gasteiger partial charge in [0.05, 0.1) is 0 Å². The Hall–Kier alpha value is -0.520. The minimum absolute atomic E-state index is 0.821. The Morgan fingerprint density at radius 2 is 2.00 bits per heavy atom. The summed E-state index contributed by atoms with van der Waals surface area (Å²) in [6.45, 7) is 2.27. The molecule has 0 aromatic heterocycles. The summed E-state index contributed by atoms with van der Waals surface area (Å²) >= 11 is 0. The Labute approximate surface area is 76.4 Å². The average Bonchev–Trinajstić information content (AvgIpc) is 2.02.